The molecule has 0 radical (unpaired) electrons. The molecule has 0 aliphatic carbocycles. The number of carbonyl (C=O) groups excluding carboxylic acids is 2. The van der Waals surface area contributed by atoms with Crippen molar-refractivity contribution in [3.63, 3.8) is 0 Å². The Kier molecular flexibility index (Phi) is 6.96. The highest BCUT2D eigenvalue weighted by atomic mass is 16.6. The van der Waals surface area contributed by atoms with Crippen LogP contribution in [0.4, 0.5) is 0 Å². The average molecular weight is 258 g/mol. The van der Waals surface area contributed by atoms with E-state index in [0.717, 1.165) is 12.8 Å². The molecule has 0 spiro atoms. The van der Waals surface area contributed by atoms with E-state index in [1.807, 2.05) is 27.7 Å². The molecular formula is C14H26O4. The minimum atomic E-state index is -0.839. The standard InChI is InChI=1S/C14H26O4/c1-7-10(3)17-12(15)9-14(5,6)13(16)18-11(4)8-2/h10-11H,7-9H2,1-6H3. The number of carbonyl (C=O) groups is 2. The molecule has 0 N–H and O–H groups in total. The molecule has 0 aliphatic heterocycles. The number of hydrogen-bond acceptors (Lipinski definition) is 4. The molecule has 0 bridgehead atoms. The minimum Gasteiger partial charge on any atom is -0.463 e. The van der Waals surface area contributed by atoms with Gasteiger partial charge in [0.15, 0.2) is 0 Å². The summed E-state index contributed by atoms with van der Waals surface area (Å²) in [4.78, 5) is 23.6. The van der Waals surface area contributed by atoms with Crippen molar-refractivity contribution in [1.82, 2.24) is 0 Å². The molecule has 0 aromatic carbocycles. The topological polar surface area (TPSA) is 52.6 Å². The Morgan fingerprint density at radius 1 is 1.00 bits per heavy atom. The van der Waals surface area contributed by atoms with E-state index >= 15 is 0 Å². The number of hydrogen-bond donors (Lipinski definition) is 0. The van der Waals surface area contributed by atoms with Gasteiger partial charge < -0.3 is 9.47 Å². The van der Waals surface area contributed by atoms with E-state index in [2.05, 4.69) is 0 Å². The molecule has 2 unspecified atom stereocenters. The fraction of sp³-hybridized carbons (Fsp3) is 0.857. The lowest BCUT2D eigenvalue weighted by atomic mass is 9.89. The molecule has 0 rings (SSSR count). The lowest BCUT2D eigenvalue weighted by molar-refractivity contribution is -0.165. The largest absolute Gasteiger partial charge is 0.463 e. The van der Waals surface area contributed by atoms with Crippen molar-refractivity contribution in [2.75, 3.05) is 0 Å². The summed E-state index contributed by atoms with van der Waals surface area (Å²) in [5.41, 5.74) is -0.839. The normalized spacial score (nSPS) is 14.8. The Labute approximate surface area is 110 Å². The summed E-state index contributed by atoms with van der Waals surface area (Å²) in [7, 11) is 0. The number of ether oxygens (including phenoxy) is 2. The minimum absolute atomic E-state index is 0.0482. The zero-order valence-corrected chi connectivity index (χ0v) is 12.4. The van der Waals surface area contributed by atoms with Gasteiger partial charge in [-0.3, -0.25) is 9.59 Å². The van der Waals surface area contributed by atoms with Gasteiger partial charge in [0.25, 0.3) is 0 Å². The highest BCUT2D eigenvalue weighted by Crippen LogP contribution is 2.24. The Morgan fingerprint density at radius 2 is 1.44 bits per heavy atom. The van der Waals surface area contributed by atoms with Gasteiger partial charge >= 0.3 is 11.9 Å². The van der Waals surface area contributed by atoms with Gasteiger partial charge in [0.05, 0.1) is 24.0 Å². The van der Waals surface area contributed by atoms with Gasteiger partial charge in [0, 0.05) is 0 Å². The van der Waals surface area contributed by atoms with E-state index in [-0.39, 0.29) is 30.6 Å². The highest BCUT2D eigenvalue weighted by molar-refractivity contribution is 5.82. The van der Waals surface area contributed by atoms with Crippen LogP contribution in [0.1, 0.15) is 60.8 Å². The first-order chi connectivity index (χ1) is 8.22. The van der Waals surface area contributed by atoms with Gasteiger partial charge in [-0.2, -0.15) is 0 Å². The molecule has 0 saturated carbocycles. The van der Waals surface area contributed by atoms with Crippen LogP contribution >= 0.6 is 0 Å². The smallest absolute Gasteiger partial charge is 0.312 e. The number of esters is 2. The van der Waals surface area contributed by atoms with Crippen molar-refractivity contribution < 1.29 is 19.1 Å². The molecule has 4 nitrogen and oxygen atoms in total. The summed E-state index contributed by atoms with van der Waals surface area (Å²) < 4.78 is 10.4. The molecule has 0 amide bonds. The summed E-state index contributed by atoms with van der Waals surface area (Å²) in [5, 5.41) is 0. The predicted octanol–water partition coefficient (Wildman–Crippen LogP) is 3.09. The van der Waals surface area contributed by atoms with Crippen molar-refractivity contribution in [1.29, 1.82) is 0 Å². The van der Waals surface area contributed by atoms with Crippen molar-refractivity contribution in [2.45, 2.75) is 73.0 Å². The van der Waals surface area contributed by atoms with Crippen molar-refractivity contribution in [2.24, 2.45) is 5.41 Å². The van der Waals surface area contributed by atoms with E-state index < -0.39 is 5.41 Å². The van der Waals surface area contributed by atoms with E-state index in [1.165, 1.54) is 0 Å². The SMILES string of the molecule is CCC(C)OC(=O)CC(C)(C)C(=O)OC(C)CC. The van der Waals surface area contributed by atoms with E-state index in [4.69, 9.17) is 9.47 Å². The van der Waals surface area contributed by atoms with E-state index in [1.54, 1.807) is 13.8 Å². The summed E-state index contributed by atoms with van der Waals surface area (Å²) in [6.45, 7) is 11.0. The monoisotopic (exact) mass is 258 g/mol. The lowest BCUT2D eigenvalue weighted by Crippen LogP contribution is -2.33. The van der Waals surface area contributed by atoms with Gasteiger partial charge in [-0.05, 0) is 40.5 Å². The van der Waals surface area contributed by atoms with Crippen LogP contribution in [0.5, 0.6) is 0 Å². The fourth-order valence-corrected chi connectivity index (χ4v) is 1.21. The van der Waals surface area contributed by atoms with Crippen LogP contribution < -0.4 is 0 Å². The maximum Gasteiger partial charge on any atom is 0.312 e. The second-order valence-corrected chi connectivity index (χ2v) is 5.39. The van der Waals surface area contributed by atoms with Gasteiger partial charge in [-0.15, -0.1) is 0 Å². The third-order valence-electron chi connectivity index (χ3n) is 2.93. The van der Waals surface area contributed by atoms with Crippen LogP contribution in [0.15, 0.2) is 0 Å². The van der Waals surface area contributed by atoms with Crippen molar-refractivity contribution >= 4 is 11.9 Å². The zero-order chi connectivity index (χ0) is 14.3. The Morgan fingerprint density at radius 3 is 1.89 bits per heavy atom. The van der Waals surface area contributed by atoms with Crippen LogP contribution in [0.3, 0.4) is 0 Å². The first-order valence-corrected chi connectivity index (χ1v) is 6.63. The van der Waals surface area contributed by atoms with Crippen LogP contribution in [0.25, 0.3) is 0 Å². The molecule has 106 valence electrons. The molecule has 0 heterocycles. The molecular weight excluding hydrogens is 232 g/mol. The zero-order valence-electron chi connectivity index (χ0n) is 12.4. The molecule has 0 saturated heterocycles. The van der Waals surface area contributed by atoms with Crippen molar-refractivity contribution in [3.05, 3.63) is 0 Å². The average Bonchev–Trinajstić information content (AvgIpc) is 2.27. The molecule has 4 heteroatoms. The van der Waals surface area contributed by atoms with Crippen molar-refractivity contribution in [3.8, 4) is 0 Å². The van der Waals surface area contributed by atoms with E-state index in [0.29, 0.717) is 0 Å². The summed E-state index contributed by atoms with van der Waals surface area (Å²) in [6.07, 6.45) is 1.34. The lowest BCUT2D eigenvalue weighted by Gasteiger charge is -2.24. The van der Waals surface area contributed by atoms with Gasteiger partial charge in [-0.25, -0.2) is 0 Å². The molecule has 18 heavy (non-hydrogen) atoms. The highest BCUT2D eigenvalue weighted by Gasteiger charge is 2.34. The Bertz CT molecular complexity index is 284. The van der Waals surface area contributed by atoms with Crippen LogP contribution in [0, 0.1) is 5.41 Å². The predicted molar refractivity (Wildman–Crippen MR) is 70.1 cm³/mol. The maximum absolute atomic E-state index is 11.9. The maximum atomic E-state index is 11.9. The van der Waals surface area contributed by atoms with Gasteiger partial charge in [0.2, 0.25) is 0 Å². The van der Waals surface area contributed by atoms with Crippen LogP contribution in [0.2, 0.25) is 0 Å². The second-order valence-electron chi connectivity index (χ2n) is 5.39. The molecule has 2 atom stereocenters. The summed E-state index contributed by atoms with van der Waals surface area (Å²) >= 11 is 0. The quantitative estimate of drug-likeness (QED) is 0.658. The molecule has 0 aromatic heterocycles. The second kappa shape index (κ2) is 7.39. The first kappa shape index (κ1) is 16.9. The van der Waals surface area contributed by atoms with Crippen LogP contribution in [-0.2, 0) is 19.1 Å². The Balaban J connectivity index is 4.36. The molecule has 0 aromatic rings. The van der Waals surface area contributed by atoms with Gasteiger partial charge in [-0.1, -0.05) is 13.8 Å². The van der Waals surface area contributed by atoms with E-state index in [9.17, 15) is 9.59 Å². The summed E-state index contributed by atoms with van der Waals surface area (Å²) in [5.74, 6) is -0.701. The third-order valence-corrected chi connectivity index (χ3v) is 2.93. The third kappa shape index (κ3) is 6.03. The first-order valence-electron chi connectivity index (χ1n) is 6.63. The van der Waals surface area contributed by atoms with Gasteiger partial charge in [0.1, 0.15) is 0 Å². The Hall–Kier alpha value is -1.06. The molecule has 0 aliphatic rings. The summed E-state index contributed by atoms with van der Waals surface area (Å²) in [6, 6.07) is 0. The molecule has 0 fully saturated rings. The number of rotatable bonds is 7. The van der Waals surface area contributed by atoms with Crippen LogP contribution in [-0.4, -0.2) is 24.1 Å². The fourth-order valence-electron chi connectivity index (χ4n) is 1.21.